The summed E-state index contributed by atoms with van der Waals surface area (Å²) in [6.07, 6.45) is 1.70. The molecule has 0 unspecified atom stereocenters. The van der Waals surface area contributed by atoms with Crippen LogP contribution in [0.3, 0.4) is 0 Å². The number of nitrogens with zero attached hydrogens (tertiary/aromatic N) is 5. The van der Waals surface area contributed by atoms with Crippen molar-refractivity contribution in [3.05, 3.63) is 65.3 Å². The fraction of sp³-hybridized carbons (Fsp3) is 0.211. The van der Waals surface area contributed by atoms with Crippen LogP contribution in [0.5, 0.6) is 0 Å². The summed E-state index contributed by atoms with van der Waals surface area (Å²) in [6.45, 7) is 1.90. The van der Waals surface area contributed by atoms with E-state index < -0.39 is 10.0 Å². The van der Waals surface area contributed by atoms with Crippen LogP contribution in [0, 0.1) is 0 Å². The van der Waals surface area contributed by atoms with E-state index >= 15 is 0 Å². The fourth-order valence-corrected chi connectivity index (χ4v) is 4.73. The summed E-state index contributed by atoms with van der Waals surface area (Å²) < 4.78 is 28.0. The predicted molar refractivity (Wildman–Crippen MR) is 115 cm³/mol. The number of pyridine rings is 1. The number of nitrogens with one attached hydrogen (secondary N) is 1. The van der Waals surface area contributed by atoms with Crippen LogP contribution in [0.4, 0.5) is 17.5 Å². The molecule has 2 aromatic heterocycles. The monoisotopic (exact) mass is 474 g/mol. The Morgan fingerprint density at radius 3 is 2.24 bits per heavy atom. The standard InChI is InChI=1S/C19H19BrN6O2S/c20-15-4-6-16(7-5-15)29(27,28)26-13-11-25(12-14-26)19-9-8-18(23-24-19)22-17-3-1-2-10-21-17/h1-10H,11-14H2,(H,21,22,23). The van der Waals surface area contributed by atoms with Crippen LogP contribution in [0.1, 0.15) is 0 Å². The summed E-state index contributed by atoms with van der Waals surface area (Å²) >= 11 is 3.33. The van der Waals surface area contributed by atoms with Crippen LogP contribution >= 0.6 is 15.9 Å². The van der Waals surface area contributed by atoms with Crippen molar-refractivity contribution >= 4 is 43.4 Å². The average Bonchev–Trinajstić information content (AvgIpc) is 2.75. The molecule has 150 valence electrons. The topological polar surface area (TPSA) is 91.3 Å². The average molecular weight is 475 g/mol. The summed E-state index contributed by atoms with van der Waals surface area (Å²) in [5.74, 6) is 2.02. The summed E-state index contributed by atoms with van der Waals surface area (Å²) in [5.41, 5.74) is 0. The van der Waals surface area contributed by atoms with Gasteiger partial charge in [0.15, 0.2) is 11.6 Å². The molecule has 0 amide bonds. The fourth-order valence-electron chi connectivity index (χ4n) is 3.04. The van der Waals surface area contributed by atoms with Crippen molar-refractivity contribution in [1.29, 1.82) is 0 Å². The smallest absolute Gasteiger partial charge is 0.243 e. The molecule has 1 aliphatic rings. The van der Waals surface area contributed by atoms with E-state index in [1.165, 1.54) is 4.31 Å². The van der Waals surface area contributed by atoms with Gasteiger partial charge in [-0.25, -0.2) is 13.4 Å². The molecule has 0 saturated carbocycles. The normalized spacial score (nSPS) is 15.3. The summed E-state index contributed by atoms with van der Waals surface area (Å²) in [4.78, 5) is 6.53. The van der Waals surface area contributed by atoms with Gasteiger partial charge in [0.2, 0.25) is 10.0 Å². The minimum Gasteiger partial charge on any atom is -0.352 e. The zero-order chi connectivity index (χ0) is 20.3. The first-order valence-corrected chi connectivity index (χ1v) is 11.3. The Morgan fingerprint density at radius 2 is 1.62 bits per heavy atom. The quantitative estimate of drug-likeness (QED) is 0.607. The molecular formula is C19H19BrN6O2S. The zero-order valence-electron chi connectivity index (χ0n) is 15.4. The maximum Gasteiger partial charge on any atom is 0.243 e. The molecule has 1 aliphatic heterocycles. The molecule has 8 nitrogen and oxygen atoms in total. The first-order chi connectivity index (χ1) is 14.0. The largest absolute Gasteiger partial charge is 0.352 e. The number of piperazine rings is 1. The van der Waals surface area contributed by atoms with Gasteiger partial charge in [-0.15, -0.1) is 10.2 Å². The van der Waals surface area contributed by atoms with E-state index in [2.05, 4.69) is 36.4 Å². The third kappa shape index (κ3) is 4.55. The minimum absolute atomic E-state index is 0.305. The van der Waals surface area contributed by atoms with Crippen molar-refractivity contribution in [1.82, 2.24) is 19.5 Å². The van der Waals surface area contributed by atoms with Gasteiger partial charge in [0, 0.05) is 36.8 Å². The zero-order valence-corrected chi connectivity index (χ0v) is 17.8. The van der Waals surface area contributed by atoms with Gasteiger partial charge in [0.05, 0.1) is 4.90 Å². The number of anilines is 3. The third-order valence-electron chi connectivity index (χ3n) is 4.59. The molecule has 4 rings (SSSR count). The first-order valence-electron chi connectivity index (χ1n) is 9.05. The van der Waals surface area contributed by atoms with Gasteiger partial charge < -0.3 is 10.2 Å². The van der Waals surface area contributed by atoms with Crippen molar-refractivity contribution in [3.63, 3.8) is 0 Å². The number of halogens is 1. The van der Waals surface area contributed by atoms with Gasteiger partial charge in [-0.2, -0.15) is 4.31 Å². The lowest BCUT2D eigenvalue weighted by Gasteiger charge is -2.34. The second-order valence-electron chi connectivity index (χ2n) is 6.46. The molecule has 3 aromatic rings. The Morgan fingerprint density at radius 1 is 0.862 bits per heavy atom. The lowest BCUT2D eigenvalue weighted by molar-refractivity contribution is 0.383. The first kappa shape index (κ1) is 19.7. The van der Waals surface area contributed by atoms with Crippen molar-refractivity contribution in [3.8, 4) is 0 Å². The number of sulfonamides is 1. The number of rotatable bonds is 5. The van der Waals surface area contributed by atoms with Gasteiger partial charge in [0.25, 0.3) is 0 Å². The number of benzene rings is 1. The molecule has 10 heteroatoms. The van der Waals surface area contributed by atoms with E-state index in [1.807, 2.05) is 35.2 Å². The molecule has 0 bridgehead atoms. The Kier molecular flexibility index (Phi) is 5.74. The Bertz CT molecular complexity index is 1050. The van der Waals surface area contributed by atoms with Crippen LogP contribution in [0.25, 0.3) is 0 Å². The second-order valence-corrected chi connectivity index (χ2v) is 9.32. The second kappa shape index (κ2) is 8.44. The molecule has 29 heavy (non-hydrogen) atoms. The molecule has 0 aliphatic carbocycles. The molecular weight excluding hydrogens is 456 g/mol. The van der Waals surface area contributed by atoms with Gasteiger partial charge in [-0.3, -0.25) is 0 Å². The van der Waals surface area contributed by atoms with Crippen LogP contribution in [0.2, 0.25) is 0 Å². The SMILES string of the molecule is O=S(=O)(c1ccc(Br)cc1)N1CCN(c2ccc(Nc3ccccn3)nn2)CC1. The van der Waals surface area contributed by atoms with Crippen LogP contribution < -0.4 is 10.2 Å². The van der Waals surface area contributed by atoms with E-state index in [9.17, 15) is 8.42 Å². The maximum absolute atomic E-state index is 12.8. The predicted octanol–water partition coefficient (Wildman–Crippen LogP) is 2.89. The molecule has 1 fully saturated rings. The van der Waals surface area contributed by atoms with Gasteiger partial charge in [0.1, 0.15) is 5.82 Å². The van der Waals surface area contributed by atoms with E-state index in [1.54, 1.807) is 30.5 Å². The van der Waals surface area contributed by atoms with Crippen LogP contribution in [0.15, 0.2) is 70.2 Å². The molecule has 0 radical (unpaired) electrons. The lowest BCUT2D eigenvalue weighted by Crippen LogP contribution is -2.48. The Balaban J connectivity index is 1.38. The van der Waals surface area contributed by atoms with E-state index in [4.69, 9.17) is 0 Å². The molecule has 1 saturated heterocycles. The third-order valence-corrected chi connectivity index (χ3v) is 7.03. The van der Waals surface area contributed by atoms with E-state index in [0.717, 1.165) is 10.3 Å². The number of hydrogen-bond acceptors (Lipinski definition) is 7. The van der Waals surface area contributed by atoms with Gasteiger partial charge in [-0.05, 0) is 48.5 Å². The summed E-state index contributed by atoms with van der Waals surface area (Å²) in [6, 6.07) is 16.0. The van der Waals surface area contributed by atoms with Crippen molar-refractivity contribution < 1.29 is 8.42 Å². The summed E-state index contributed by atoms with van der Waals surface area (Å²) in [5, 5.41) is 11.5. The highest BCUT2D eigenvalue weighted by atomic mass is 79.9. The van der Waals surface area contributed by atoms with Crippen LogP contribution in [-0.2, 0) is 10.0 Å². The van der Waals surface area contributed by atoms with E-state index in [-0.39, 0.29) is 0 Å². The van der Waals surface area contributed by atoms with Gasteiger partial charge in [-0.1, -0.05) is 22.0 Å². The summed E-state index contributed by atoms with van der Waals surface area (Å²) in [7, 11) is -3.49. The number of hydrogen-bond donors (Lipinski definition) is 1. The van der Waals surface area contributed by atoms with Crippen LogP contribution in [-0.4, -0.2) is 54.1 Å². The van der Waals surface area contributed by atoms with Crippen molar-refractivity contribution in [2.75, 3.05) is 36.4 Å². The Hall–Kier alpha value is -2.56. The molecule has 0 spiro atoms. The maximum atomic E-state index is 12.8. The molecule has 0 atom stereocenters. The minimum atomic E-state index is -3.49. The highest BCUT2D eigenvalue weighted by Gasteiger charge is 2.29. The lowest BCUT2D eigenvalue weighted by atomic mass is 10.3. The van der Waals surface area contributed by atoms with Crippen molar-refractivity contribution in [2.24, 2.45) is 0 Å². The molecule has 1 N–H and O–H groups in total. The highest BCUT2D eigenvalue weighted by molar-refractivity contribution is 9.10. The van der Waals surface area contributed by atoms with Crippen molar-refractivity contribution in [2.45, 2.75) is 4.90 Å². The molecule has 3 heterocycles. The van der Waals surface area contributed by atoms with Gasteiger partial charge >= 0.3 is 0 Å². The Labute approximate surface area is 177 Å². The number of aromatic nitrogens is 3. The van der Waals surface area contributed by atoms with E-state index in [0.29, 0.717) is 42.7 Å². The highest BCUT2D eigenvalue weighted by Crippen LogP contribution is 2.22. The molecule has 1 aromatic carbocycles.